The molecular weight excluding hydrogens is 96.1 g/mol. The van der Waals surface area contributed by atoms with E-state index < -0.39 is 0 Å². The van der Waals surface area contributed by atoms with Gasteiger partial charge in [0.25, 0.3) is 0 Å². The monoisotopic (exact) mass is 108 g/mol. The SMILES string of the molecule is C1=C/CCC/C=C/C/1. The van der Waals surface area contributed by atoms with Crippen molar-refractivity contribution in [1.29, 1.82) is 0 Å². The van der Waals surface area contributed by atoms with Crippen LogP contribution in [0.15, 0.2) is 24.3 Å². The van der Waals surface area contributed by atoms with E-state index in [0.717, 1.165) is 6.42 Å². The Labute approximate surface area is 50.9 Å². The van der Waals surface area contributed by atoms with Gasteiger partial charge in [-0.1, -0.05) is 24.3 Å². The molecule has 0 nitrogen and oxygen atoms in total. The maximum Gasteiger partial charge on any atom is -0.0169 e. The first-order chi connectivity index (χ1) is 4.00. The summed E-state index contributed by atoms with van der Waals surface area (Å²) in [6.07, 6.45) is 14.0. The van der Waals surface area contributed by atoms with Crippen LogP contribution in [0.4, 0.5) is 0 Å². The second-order valence-corrected chi connectivity index (χ2v) is 2.11. The molecule has 0 amide bonds. The molecule has 0 atom stereocenters. The number of hydrogen-bond donors (Lipinski definition) is 0. The highest BCUT2D eigenvalue weighted by atomic mass is 13.9. The summed E-state index contributed by atoms with van der Waals surface area (Å²) in [6.45, 7) is 0. The minimum Gasteiger partial charge on any atom is -0.0882 e. The van der Waals surface area contributed by atoms with Gasteiger partial charge in [0, 0.05) is 0 Å². The predicted molar refractivity (Wildman–Crippen MR) is 36.7 cm³/mol. The summed E-state index contributed by atoms with van der Waals surface area (Å²) in [6, 6.07) is 0. The van der Waals surface area contributed by atoms with Gasteiger partial charge in [0.15, 0.2) is 0 Å². The standard InChI is InChI=1S/C8H12/c1-2-4-6-8-7-5-3-1/h1-2,5,7H,3-4,6,8H2/b2-1+,7-5+. The molecule has 0 heterocycles. The van der Waals surface area contributed by atoms with E-state index in [2.05, 4.69) is 24.3 Å². The molecule has 0 aliphatic heterocycles. The number of allylic oxidation sites excluding steroid dienone is 4. The molecule has 0 aromatic carbocycles. The number of hydrogen-bond acceptors (Lipinski definition) is 0. The van der Waals surface area contributed by atoms with Gasteiger partial charge in [-0.15, -0.1) is 0 Å². The van der Waals surface area contributed by atoms with E-state index in [1.165, 1.54) is 19.3 Å². The highest BCUT2D eigenvalue weighted by molar-refractivity contribution is 4.95. The summed E-state index contributed by atoms with van der Waals surface area (Å²) < 4.78 is 0. The summed E-state index contributed by atoms with van der Waals surface area (Å²) in [5, 5.41) is 0. The second kappa shape index (κ2) is 3.48. The quantitative estimate of drug-likeness (QED) is 0.418. The van der Waals surface area contributed by atoms with E-state index in [-0.39, 0.29) is 0 Å². The van der Waals surface area contributed by atoms with Gasteiger partial charge in [0.2, 0.25) is 0 Å². The van der Waals surface area contributed by atoms with E-state index in [9.17, 15) is 0 Å². The van der Waals surface area contributed by atoms with E-state index in [0.29, 0.717) is 0 Å². The fourth-order valence-electron chi connectivity index (χ4n) is 0.860. The van der Waals surface area contributed by atoms with Gasteiger partial charge in [-0.2, -0.15) is 0 Å². The van der Waals surface area contributed by atoms with Crippen LogP contribution in [0.3, 0.4) is 0 Å². The van der Waals surface area contributed by atoms with Crippen molar-refractivity contribution in [2.45, 2.75) is 25.7 Å². The summed E-state index contributed by atoms with van der Waals surface area (Å²) in [4.78, 5) is 0. The average Bonchev–Trinajstić information content (AvgIpc) is 1.62. The van der Waals surface area contributed by atoms with Gasteiger partial charge in [0.05, 0.1) is 0 Å². The lowest BCUT2D eigenvalue weighted by molar-refractivity contribution is 0.857. The molecule has 0 spiro atoms. The molecule has 0 saturated heterocycles. The molecule has 1 aliphatic rings. The van der Waals surface area contributed by atoms with Gasteiger partial charge in [-0.3, -0.25) is 0 Å². The van der Waals surface area contributed by atoms with Crippen LogP contribution in [0.1, 0.15) is 25.7 Å². The van der Waals surface area contributed by atoms with E-state index in [4.69, 9.17) is 0 Å². The Morgan fingerprint density at radius 2 is 1.38 bits per heavy atom. The molecule has 1 rings (SSSR count). The Kier molecular flexibility index (Phi) is 2.44. The molecule has 0 unspecified atom stereocenters. The average molecular weight is 108 g/mol. The Bertz CT molecular complexity index is 86.6. The molecule has 8 heavy (non-hydrogen) atoms. The van der Waals surface area contributed by atoms with Crippen molar-refractivity contribution in [3.8, 4) is 0 Å². The van der Waals surface area contributed by atoms with Crippen molar-refractivity contribution in [3.05, 3.63) is 24.3 Å². The fraction of sp³-hybridized carbons (Fsp3) is 0.500. The molecule has 0 bridgehead atoms. The zero-order chi connectivity index (χ0) is 5.66. The molecule has 0 radical (unpaired) electrons. The van der Waals surface area contributed by atoms with Crippen LogP contribution in [0, 0.1) is 0 Å². The third-order valence-electron chi connectivity index (χ3n) is 1.35. The minimum absolute atomic E-state index is 1.14. The Hall–Kier alpha value is -0.520. The fourth-order valence-corrected chi connectivity index (χ4v) is 0.860. The highest BCUT2D eigenvalue weighted by Gasteiger charge is 1.82. The zero-order valence-corrected chi connectivity index (χ0v) is 5.14. The van der Waals surface area contributed by atoms with E-state index >= 15 is 0 Å². The molecule has 0 aromatic heterocycles. The summed E-state index contributed by atoms with van der Waals surface area (Å²) in [7, 11) is 0. The topological polar surface area (TPSA) is 0 Å². The molecule has 44 valence electrons. The van der Waals surface area contributed by atoms with Gasteiger partial charge in [0.1, 0.15) is 0 Å². The summed E-state index contributed by atoms with van der Waals surface area (Å²) in [5.74, 6) is 0. The van der Waals surface area contributed by atoms with Gasteiger partial charge >= 0.3 is 0 Å². The Balaban J connectivity index is 2.31. The first-order valence-corrected chi connectivity index (χ1v) is 3.30. The van der Waals surface area contributed by atoms with E-state index in [1.807, 2.05) is 0 Å². The maximum absolute atomic E-state index is 2.27. The van der Waals surface area contributed by atoms with Crippen molar-refractivity contribution in [2.75, 3.05) is 0 Å². The lowest BCUT2D eigenvalue weighted by Crippen LogP contribution is -1.72. The predicted octanol–water partition coefficient (Wildman–Crippen LogP) is 2.67. The molecule has 0 heteroatoms. The first-order valence-electron chi connectivity index (χ1n) is 3.30. The summed E-state index contributed by atoms with van der Waals surface area (Å²) in [5.41, 5.74) is 0. The Morgan fingerprint density at radius 1 is 0.750 bits per heavy atom. The van der Waals surface area contributed by atoms with Crippen molar-refractivity contribution in [1.82, 2.24) is 0 Å². The normalized spacial score (nSPS) is 28.0. The lowest BCUT2D eigenvalue weighted by atomic mass is 10.1. The van der Waals surface area contributed by atoms with Crippen LogP contribution >= 0.6 is 0 Å². The van der Waals surface area contributed by atoms with Crippen molar-refractivity contribution < 1.29 is 0 Å². The van der Waals surface area contributed by atoms with E-state index in [1.54, 1.807) is 0 Å². The van der Waals surface area contributed by atoms with Crippen LogP contribution in [0.2, 0.25) is 0 Å². The molecular formula is C8H12. The largest absolute Gasteiger partial charge is 0.0882 e. The highest BCUT2D eigenvalue weighted by Crippen LogP contribution is 2.02. The molecule has 0 N–H and O–H groups in total. The Morgan fingerprint density at radius 3 is 2.00 bits per heavy atom. The molecule has 0 aromatic rings. The van der Waals surface area contributed by atoms with Crippen molar-refractivity contribution in [2.24, 2.45) is 0 Å². The van der Waals surface area contributed by atoms with Crippen LogP contribution < -0.4 is 0 Å². The number of rotatable bonds is 0. The molecule has 0 saturated carbocycles. The zero-order valence-electron chi connectivity index (χ0n) is 5.14. The van der Waals surface area contributed by atoms with Crippen LogP contribution in [0.5, 0.6) is 0 Å². The third kappa shape index (κ3) is 1.97. The molecule has 1 aliphatic carbocycles. The van der Waals surface area contributed by atoms with Crippen LogP contribution in [-0.4, -0.2) is 0 Å². The second-order valence-electron chi connectivity index (χ2n) is 2.11. The van der Waals surface area contributed by atoms with Gasteiger partial charge in [-0.05, 0) is 25.7 Å². The maximum atomic E-state index is 2.27. The lowest BCUT2D eigenvalue weighted by Gasteiger charge is -1.93. The van der Waals surface area contributed by atoms with Gasteiger partial charge < -0.3 is 0 Å². The van der Waals surface area contributed by atoms with Crippen molar-refractivity contribution >= 4 is 0 Å². The van der Waals surface area contributed by atoms with Gasteiger partial charge in [-0.25, -0.2) is 0 Å². The third-order valence-corrected chi connectivity index (χ3v) is 1.35. The summed E-state index contributed by atoms with van der Waals surface area (Å²) >= 11 is 0. The minimum atomic E-state index is 1.14. The van der Waals surface area contributed by atoms with Crippen molar-refractivity contribution in [3.63, 3.8) is 0 Å². The smallest absolute Gasteiger partial charge is 0.0169 e. The van der Waals surface area contributed by atoms with Crippen LogP contribution in [-0.2, 0) is 0 Å². The van der Waals surface area contributed by atoms with Crippen LogP contribution in [0.25, 0.3) is 0 Å². The first kappa shape index (κ1) is 5.61. The molecule has 0 fully saturated rings.